The molecule has 112 valence electrons. The van der Waals surface area contributed by atoms with Crippen molar-refractivity contribution in [2.45, 2.75) is 38.8 Å². The summed E-state index contributed by atoms with van der Waals surface area (Å²) in [5.41, 5.74) is 2.50. The molecule has 3 heteroatoms. The van der Waals surface area contributed by atoms with Crippen molar-refractivity contribution < 1.29 is 5.11 Å². The van der Waals surface area contributed by atoms with Crippen LogP contribution in [0.1, 0.15) is 37.5 Å². The number of likely N-dealkylation sites (N-methyl/N-ethyl adjacent to an activating group) is 1. The average molecular weight is 276 g/mol. The van der Waals surface area contributed by atoms with Crippen molar-refractivity contribution in [2.24, 2.45) is 0 Å². The molecule has 20 heavy (non-hydrogen) atoms. The molecule has 3 nitrogen and oxygen atoms in total. The highest BCUT2D eigenvalue weighted by atomic mass is 16.3. The fraction of sp³-hybridized carbons (Fsp3) is 0.647. The summed E-state index contributed by atoms with van der Waals surface area (Å²) >= 11 is 0. The molecule has 1 aliphatic rings. The van der Waals surface area contributed by atoms with E-state index in [1.165, 1.54) is 5.56 Å². The van der Waals surface area contributed by atoms with Crippen LogP contribution in [0.3, 0.4) is 0 Å². The van der Waals surface area contributed by atoms with Crippen LogP contribution in [-0.4, -0.2) is 53.7 Å². The van der Waals surface area contributed by atoms with E-state index in [0.717, 1.165) is 38.2 Å². The van der Waals surface area contributed by atoms with E-state index in [4.69, 9.17) is 0 Å². The molecule has 1 heterocycles. The number of hydrogen-bond donors (Lipinski definition) is 1. The predicted octanol–water partition coefficient (Wildman–Crippen LogP) is 2.44. The first kappa shape index (κ1) is 15.5. The topological polar surface area (TPSA) is 26.7 Å². The van der Waals surface area contributed by atoms with Crippen LogP contribution in [0, 0.1) is 6.92 Å². The van der Waals surface area contributed by atoms with Gasteiger partial charge in [0.05, 0.1) is 6.10 Å². The molecule has 0 spiro atoms. The quantitative estimate of drug-likeness (QED) is 0.915. The van der Waals surface area contributed by atoms with E-state index in [-0.39, 0.29) is 11.6 Å². The van der Waals surface area contributed by atoms with E-state index in [1.54, 1.807) is 0 Å². The van der Waals surface area contributed by atoms with Crippen molar-refractivity contribution in [1.82, 2.24) is 9.80 Å². The maximum absolute atomic E-state index is 10.3. The molecule has 0 bridgehead atoms. The number of aliphatic hydroxyl groups is 1. The second kappa shape index (κ2) is 6.25. The van der Waals surface area contributed by atoms with Gasteiger partial charge in [-0.2, -0.15) is 0 Å². The minimum absolute atomic E-state index is 0.229. The molecule has 2 rings (SSSR count). The van der Waals surface area contributed by atoms with E-state index in [9.17, 15) is 5.11 Å². The van der Waals surface area contributed by atoms with Gasteiger partial charge in [-0.05, 0) is 39.8 Å². The Morgan fingerprint density at radius 1 is 1.20 bits per heavy atom. The van der Waals surface area contributed by atoms with Gasteiger partial charge in [-0.15, -0.1) is 0 Å². The largest absolute Gasteiger partial charge is 0.388 e. The van der Waals surface area contributed by atoms with Crippen molar-refractivity contribution in [3.8, 4) is 0 Å². The number of nitrogens with zero attached hydrogens (tertiary/aromatic N) is 2. The molecule has 1 N–H and O–H groups in total. The van der Waals surface area contributed by atoms with Gasteiger partial charge in [0.15, 0.2) is 0 Å². The summed E-state index contributed by atoms with van der Waals surface area (Å²) in [4.78, 5) is 4.89. The predicted molar refractivity (Wildman–Crippen MR) is 83.9 cm³/mol. The van der Waals surface area contributed by atoms with Gasteiger partial charge in [-0.3, -0.25) is 4.90 Å². The number of aliphatic hydroxyl groups excluding tert-OH is 1. The third kappa shape index (κ3) is 3.81. The van der Waals surface area contributed by atoms with Crippen LogP contribution >= 0.6 is 0 Å². The first-order valence-corrected chi connectivity index (χ1v) is 7.57. The van der Waals surface area contributed by atoms with E-state index in [0.29, 0.717) is 0 Å². The first-order valence-electron chi connectivity index (χ1n) is 7.57. The molecule has 1 aromatic carbocycles. The van der Waals surface area contributed by atoms with Crippen LogP contribution in [0.4, 0.5) is 0 Å². The molecule has 0 radical (unpaired) electrons. The van der Waals surface area contributed by atoms with Gasteiger partial charge in [0, 0.05) is 31.7 Å². The third-order valence-electron chi connectivity index (χ3n) is 4.58. The van der Waals surface area contributed by atoms with Crippen LogP contribution in [0.5, 0.6) is 0 Å². The van der Waals surface area contributed by atoms with Crippen molar-refractivity contribution >= 4 is 0 Å². The van der Waals surface area contributed by atoms with Gasteiger partial charge < -0.3 is 10.0 Å². The summed E-state index contributed by atoms with van der Waals surface area (Å²) in [6, 6.07) is 8.21. The maximum atomic E-state index is 10.3. The zero-order chi connectivity index (χ0) is 14.8. The van der Waals surface area contributed by atoms with Crippen molar-refractivity contribution in [1.29, 1.82) is 0 Å². The zero-order valence-electron chi connectivity index (χ0n) is 13.3. The Morgan fingerprint density at radius 3 is 2.45 bits per heavy atom. The Bertz CT molecular complexity index is 427. The Balaban J connectivity index is 1.84. The molecule has 1 fully saturated rings. The van der Waals surface area contributed by atoms with Crippen LogP contribution < -0.4 is 0 Å². The summed E-state index contributed by atoms with van der Waals surface area (Å²) < 4.78 is 0. The van der Waals surface area contributed by atoms with E-state index < -0.39 is 0 Å². The number of benzene rings is 1. The lowest BCUT2D eigenvalue weighted by atomic mass is 9.99. The van der Waals surface area contributed by atoms with Gasteiger partial charge >= 0.3 is 0 Å². The van der Waals surface area contributed by atoms with Crippen molar-refractivity contribution in [3.05, 3.63) is 35.4 Å². The smallest absolute Gasteiger partial charge is 0.0802 e. The molecular weight excluding hydrogens is 248 g/mol. The van der Waals surface area contributed by atoms with Gasteiger partial charge in [0.2, 0.25) is 0 Å². The Morgan fingerprint density at radius 2 is 1.85 bits per heavy atom. The SMILES string of the molecule is Cc1ccc(C(O)CCN2CCN(C)C(C)(C)C2)cc1. The lowest BCUT2D eigenvalue weighted by Crippen LogP contribution is -2.57. The molecule has 1 saturated heterocycles. The molecule has 1 atom stereocenters. The summed E-state index contributed by atoms with van der Waals surface area (Å²) in [5.74, 6) is 0. The lowest BCUT2D eigenvalue weighted by Gasteiger charge is -2.45. The first-order chi connectivity index (χ1) is 9.38. The highest BCUT2D eigenvalue weighted by Gasteiger charge is 2.30. The molecular formula is C17H28N2O. The second-order valence-electron chi connectivity index (χ2n) is 6.73. The molecule has 1 aromatic rings. The van der Waals surface area contributed by atoms with Crippen molar-refractivity contribution in [3.63, 3.8) is 0 Å². The highest BCUT2D eigenvalue weighted by Crippen LogP contribution is 2.22. The monoisotopic (exact) mass is 276 g/mol. The van der Waals surface area contributed by atoms with Crippen LogP contribution in [0.15, 0.2) is 24.3 Å². The van der Waals surface area contributed by atoms with E-state index in [1.807, 2.05) is 12.1 Å². The maximum Gasteiger partial charge on any atom is 0.0802 e. The number of aryl methyl sites for hydroxylation is 1. The van der Waals surface area contributed by atoms with Crippen LogP contribution in [0.25, 0.3) is 0 Å². The fourth-order valence-corrected chi connectivity index (χ4v) is 2.79. The van der Waals surface area contributed by atoms with Crippen LogP contribution in [0.2, 0.25) is 0 Å². The van der Waals surface area contributed by atoms with Crippen LogP contribution in [-0.2, 0) is 0 Å². The molecule has 0 aliphatic carbocycles. The zero-order valence-corrected chi connectivity index (χ0v) is 13.3. The Labute approximate surface area is 123 Å². The molecule has 0 saturated carbocycles. The van der Waals surface area contributed by atoms with Gasteiger partial charge in [-0.25, -0.2) is 0 Å². The highest BCUT2D eigenvalue weighted by molar-refractivity contribution is 5.23. The molecule has 1 aliphatic heterocycles. The summed E-state index contributed by atoms with van der Waals surface area (Å²) in [6.45, 7) is 10.9. The summed E-state index contributed by atoms with van der Waals surface area (Å²) in [6.07, 6.45) is 0.460. The second-order valence-corrected chi connectivity index (χ2v) is 6.73. The standard InChI is InChI=1S/C17H28N2O/c1-14-5-7-15(8-6-14)16(20)9-10-19-12-11-18(4)17(2,3)13-19/h5-8,16,20H,9-13H2,1-4H3. The van der Waals surface area contributed by atoms with Gasteiger partial charge in [-0.1, -0.05) is 29.8 Å². The van der Waals surface area contributed by atoms with Gasteiger partial charge in [0.1, 0.15) is 0 Å². The number of piperazine rings is 1. The van der Waals surface area contributed by atoms with Crippen molar-refractivity contribution in [2.75, 3.05) is 33.2 Å². The summed E-state index contributed by atoms with van der Waals surface area (Å²) in [5, 5.41) is 10.3. The van der Waals surface area contributed by atoms with E-state index >= 15 is 0 Å². The molecule has 0 amide bonds. The molecule has 1 unspecified atom stereocenters. The third-order valence-corrected chi connectivity index (χ3v) is 4.58. The Kier molecular flexibility index (Phi) is 4.84. The number of hydrogen-bond acceptors (Lipinski definition) is 3. The minimum atomic E-state index is -0.349. The minimum Gasteiger partial charge on any atom is -0.388 e. The normalized spacial score (nSPS) is 21.9. The van der Waals surface area contributed by atoms with Gasteiger partial charge in [0.25, 0.3) is 0 Å². The van der Waals surface area contributed by atoms with E-state index in [2.05, 4.69) is 49.8 Å². The summed E-state index contributed by atoms with van der Waals surface area (Å²) in [7, 11) is 2.19. The molecule has 0 aromatic heterocycles. The Hall–Kier alpha value is -0.900. The fourth-order valence-electron chi connectivity index (χ4n) is 2.79. The number of rotatable bonds is 4. The average Bonchev–Trinajstić information content (AvgIpc) is 2.40. The lowest BCUT2D eigenvalue weighted by molar-refractivity contribution is 0.0313.